The molecule has 0 radical (unpaired) electrons. The van der Waals surface area contributed by atoms with Crippen LogP contribution in [0.4, 0.5) is 5.82 Å². The van der Waals surface area contributed by atoms with E-state index in [0.717, 1.165) is 11.3 Å². The van der Waals surface area contributed by atoms with Gasteiger partial charge in [0.25, 0.3) is 0 Å². The zero-order valence-electron chi connectivity index (χ0n) is 5.13. The smallest absolute Gasteiger partial charge is 0.179 e. The molecule has 0 amide bonds. The fraction of sp³-hybridized carbons (Fsp3) is 0.400. The maximum absolute atomic E-state index is 5.39. The summed E-state index contributed by atoms with van der Waals surface area (Å²) in [5, 5.41) is 0. The van der Waals surface area contributed by atoms with E-state index in [0.29, 0.717) is 5.82 Å². The van der Waals surface area contributed by atoms with Crippen molar-refractivity contribution in [3.63, 3.8) is 0 Å². The van der Waals surface area contributed by atoms with Crippen molar-refractivity contribution in [2.75, 3.05) is 5.73 Å². The van der Waals surface area contributed by atoms with Crippen LogP contribution in [0.1, 0.15) is 6.92 Å². The van der Waals surface area contributed by atoms with Crippen molar-refractivity contribution < 1.29 is 0 Å². The molecule has 0 aliphatic carbocycles. The molecule has 0 saturated carbocycles. The van der Waals surface area contributed by atoms with Crippen LogP contribution in [0.15, 0.2) is 10.9 Å². The molecular formula is C5H8BrN3. The lowest BCUT2D eigenvalue weighted by Gasteiger charge is -1.93. The largest absolute Gasteiger partial charge is 0.382 e. The number of imidazole rings is 1. The SMILES string of the molecule is CCn1cc(N)nc1Br. The summed E-state index contributed by atoms with van der Waals surface area (Å²) in [7, 11) is 0. The Bertz CT molecular complexity index is 206. The predicted octanol–water partition coefficient (Wildman–Crippen LogP) is 1.25. The highest BCUT2D eigenvalue weighted by Gasteiger charge is 1.97. The number of hydrogen-bond acceptors (Lipinski definition) is 2. The molecule has 0 unspecified atom stereocenters. The number of nitrogen functional groups attached to an aromatic ring is 1. The van der Waals surface area contributed by atoms with E-state index in [9.17, 15) is 0 Å². The van der Waals surface area contributed by atoms with Gasteiger partial charge in [-0.05, 0) is 22.9 Å². The van der Waals surface area contributed by atoms with Crippen LogP contribution in [-0.2, 0) is 6.54 Å². The first-order chi connectivity index (χ1) is 4.24. The third-order valence-corrected chi connectivity index (χ3v) is 1.72. The van der Waals surface area contributed by atoms with Gasteiger partial charge in [-0.1, -0.05) is 0 Å². The first-order valence-corrected chi connectivity index (χ1v) is 3.51. The van der Waals surface area contributed by atoms with Gasteiger partial charge in [-0.3, -0.25) is 0 Å². The van der Waals surface area contributed by atoms with Gasteiger partial charge in [0.15, 0.2) is 4.73 Å². The summed E-state index contributed by atoms with van der Waals surface area (Å²) < 4.78 is 2.72. The minimum atomic E-state index is 0.559. The van der Waals surface area contributed by atoms with Gasteiger partial charge in [-0.2, -0.15) is 0 Å². The molecule has 0 spiro atoms. The molecule has 1 rings (SSSR count). The number of halogens is 1. The summed E-state index contributed by atoms with van der Waals surface area (Å²) in [6, 6.07) is 0. The Hall–Kier alpha value is -0.510. The Morgan fingerprint density at radius 2 is 2.56 bits per heavy atom. The minimum Gasteiger partial charge on any atom is -0.382 e. The van der Waals surface area contributed by atoms with Crippen LogP contribution in [0.5, 0.6) is 0 Å². The summed E-state index contributed by atoms with van der Waals surface area (Å²) in [6.45, 7) is 2.93. The van der Waals surface area contributed by atoms with Crippen molar-refractivity contribution in [2.24, 2.45) is 0 Å². The van der Waals surface area contributed by atoms with Gasteiger partial charge in [0.2, 0.25) is 0 Å². The van der Waals surface area contributed by atoms with Crippen molar-refractivity contribution in [2.45, 2.75) is 13.5 Å². The lowest BCUT2D eigenvalue weighted by Crippen LogP contribution is -1.90. The van der Waals surface area contributed by atoms with Gasteiger partial charge in [0, 0.05) is 12.7 Å². The zero-order chi connectivity index (χ0) is 6.85. The summed E-state index contributed by atoms with van der Waals surface area (Å²) >= 11 is 3.25. The summed E-state index contributed by atoms with van der Waals surface area (Å²) in [5.74, 6) is 0.559. The normalized spacial score (nSPS) is 10.0. The molecule has 0 aliphatic rings. The molecule has 9 heavy (non-hydrogen) atoms. The molecule has 4 heteroatoms. The monoisotopic (exact) mass is 189 g/mol. The number of hydrogen-bond donors (Lipinski definition) is 1. The minimum absolute atomic E-state index is 0.559. The zero-order valence-corrected chi connectivity index (χ0v) is 6.72. The average molecular weight is 190 g/mol. The maximum atomic E-state index is 5.39. The molecule has 1 aromatic rings. The van der Waals surface area contributed by atoms with Crippen LogP contribution in [0.2, 0.25) is 0 Å². The van der Waals surface area contributed by atoms with E-state index in [4.69, 9.17) is 5.73 Å². The number of nitrogens with two attached hydrogens (primary N) is 1. The Kier molecular flexibility index (Phi) is 1.75. The van der Waals surface area contributed by atoms with Crippen LogP contribution < -0.4 is 5.73 Å². The molecule has 1 heterocycles. The van der Waals surface area contributed by atoms with Crippen LogP contribution in [0.3, 0.4) is 0 Å². The standard InChI is InChI=1S/C5H8BrN3/c1-2-9-3-4(7)8-5(9)6/h3H,2,7H2,1H3. The Labute approximate surface area is 62.0 Å². The Morgan fingerprint density at radius 3 is 2.78 bits per heavy atom. The summed E-state index contributed by atoms with van der Waals surface area (Å²) in [5.41, 5.74) is 5.39. The molecule has 0 bridgehead atoms. The van der Waals surface area contributed by atoms with Crippen molar-refractivity contribution >= 4 is 21.7 Å². The molecule has 0 saturated heterocycles. The highest BCUT2D eigenvalue weighted by atomic mass is 79.9. The van der Waals surface area contributed by atoms with Gasteiger partial charge in [-0.15, -0.1) is 0 Å². The second kappa shape index (κ2) is 2.39. The summed E-state index contributed by atoms with van der Waals surface area (Å²) in [4.78, 5) is 3.94. The molecule has 0 aromatic carbocycles. The van der Waals surface area contributed by atoms with E-state index in [1.54, 1.807) is 6.20 Å². The first-order valence-electron chi connectivity index (χ1n) is 2.72. The average Bonchev–Trinajstić information content (AvgIpc) is 2.10. The lowest BCUT2D eigenvalue weighted by atomic mass is 10.7. The second-order valence-corrected chi connectivity index (χ2v) is 2.43. The number of aryl methyl sites for hydroxylation is 1. The van der Waals surface area contributed by atoms with E-state index in [1.165, 1.54) is 0 Å². The quantitative estimate of drug-likeness (QED) is 0.724. The van der Waals surface area contributed by atoms with Crippen molar-refractivity contribution in [1.82, 2.24) is 9.55 Å². The van der Waals surface area contributed by atoms with Crippen molar-refractivity contribution in [3.05, 3.63) is 10.9 Å². The van der Waals surface area contributed by atoms with Gasteiger partial charge >= 0.3 is 0 Å². The van der Waals surface area contributed by atoms with E-state index in [1.807, 2.05) is 11.5 Å². The maximum Gasteiger partial charge on any atom is 0.179 e. The molecule has 0 atom stereocenters. The molecule has 1 aromatic heterocycles. The summed E-state index contributed by atoms with van der Waals surface area (Å²) in [6.07, 6.45) is 1.80. The van der Waals surface area contributed by atoms with Gasteiger partial charge in [-0.25, -0.2) is 4.98 Å². The van der Waals surface area contributed by atoms with Crippen molar-refractivity contribution in [3.8, 4) is 0 Å². The van der Waals surface area contributed by atoms with Crippen LogP contribution >= 0.6 is 15.9 Å². The number of anilines is 1. The Balaban J connectivity index is 3.01. The van der Waals surface area contributed by atoms with Crippen LogP contribution in [0, 0.1) is 0 Å². The van der Waals surface area contributed by atoms with Crippen LogP contribution in [-0.4, -0.2) is 9.55 Å². The molecule has 0 fully saturated rings. The van der Waals surface area contributed by atoms with Gasteiger partial charge in [0.05, 0.1) is 0 Å². The van der Waals surface area contributed by atoms with Crippen molar-refractivity contribution in [1.29, 1.82) is 0 Å². The van der Waals surface area contributed by atoms with E-state index in [2.05, 4.69) is 20.9 Å². The van der Waals surface area contributed by atoms with E-state index < -0.39 is 0 Å². The lowest BCUT2D eigenvalue weighted by molar-refractivity contribution is 0.741. The molecule has 0 aliphatic heterocycles. The van der Waals surface area contributed by atoms with Gasteiger partial charge in [0.1, 0.15) is 5.82 Å². The predicted molar refractivity (Wildman–Crippen MR) is 40.0 cm³/mol. The highest BCUT2D eigenvalue weighted by Crippen LogP contribution is 2.10. The molecule has 3 nitrogen and oxygen atoms in total. The first kappa shape index (κ1) is 6.61. The number of nitrogens with zero attached hydrogens (tertiary/aromatic N) is 2. The third-order valence-electron chi connectivity index (χ3n) is 1.09. The number of aromatic nitrogens is 2. The van der Waals surface area contributed by atoms with Gasteiger partial charge < -0.3 is 10.3 Å². The molecule has 50 valence electrons. The van der Waals surface area contributed by atoms with E-state index >= 15 is 0 Å². The topological polar surface area (TPSA) is 43.8 Å². The molecular weight excluding hydrogens is 182 g/mol. The van der Waals surface area contributed by atoms with E-state index in [-0.39, 0.29) is 0 Å². The highest BCUT2D eigenvalue weighted by molar-refractivity contribution is 9.10. The number of rotatable bonds is 1. The Morgan fingerprint density at radius 1 is 1.89 bits per heavy atom. The fourth-order valence-electron chi connectivity index (χ4n) is 0.634. The molecule has 2 N–H and O–H groups in total. The van der Waals surface area contributed by atoms with Crippen LogP contribution in [0.25, 0.3) is 0 Å². The third kappa shape index (κ3) is 1.24. The second-order valence-electron chi connectivity index (χ2n) is 1.72. The fourth-order valence-corrected chi connectivity index (χ4v) is 1.19.